The van der Waals surface area contributed by atoms with Gasteiger partial charge >= 0.3 is 0 Å². The monoisotopic (exact) mass is 409 g/mol. The van der Waals surface area contributed by atoms with Gasteiger partial charge in [0.25, 0.3) is 5.91 Å². The normalized spacial score (nSPS) is 22.4. The van der Waals surface area contributed by atoms with Crippen molar-refractivity contribution in [3.05, 3.63) is 35.1 Å². The van der Waals surface area contributed by atoms with Crippen LogP contribution >= 0.6 is 24.2 Å². The van der Waals surface area contributed by atoms with Crippen molar-refractivity contribution < 1.29 is 9.90 Å². The van der Waals surface area contributed by atoms with E-state index in [2.05, 4.69) is 32.4 Å². The lowest BCUT2D eigenvalue weighted by atomic mass is 10.2. The average Bonchev–Trinajstić information content (AvgIpc) is 3.25. The summed E-state index contributed by atoms with van der Waals surface area (Å²) in [6, 6.07) is 2.14. The van der Waals surface area contributed by atoms with E-state index in [9.17, 15) is 9.90 Å². The third-order valence-electron chi connectivity index (χ3n) is 4.85. The van der Waals surface area contributed by atoms with Gasteiger partial charge in [0.05, 0.1) is 16.7 Å². The fourth-order valence-electron chi connectivity index (χ4n) is 3.51. The third kappa shape index (κ3) is 4.24. The summed E-state index contributed by atoms with van der Waals surface area (Å²) < 4.78 is 0. The Kier molecular flexibility index (Phi) is 6.31. The Hall–Kier alpha value is -1.74. The van der Waals surface area contributed by atoms with Crippen LogP contribution in [-0.4, -0.2) is 58.5 Å². The molecule has 0 aliphatic carbocycles. The highest BCUT2D eigenvalue weighted by Crippen LogP contribution is 2.32. The highest BCUT2D eigenvalue weighted by molar-refractivity contribution is 8.04. The Balaban J connectivity index is 0.00000210. The zero-order chi connectivity index (χ0) is 18.1. The van der Waals surface area contributed by atoms with E-state index in [0.717, 1.165) is 34.6 Å². The number of aryl methyl sites for hydroxylation is 1. The molecule has 0 aromatic carbocycles. The number of rotatable bonds is 4. The standard InChI is InChI=1S/C18H23N5O2S.ClH/c1-11-7-21-17-16(11)14(2-3-19-17)23-4-5-26-15(10-23)18(25)22-8-12-6-13(24)9-20-12;/h2-3,7,10,12-13,20,24H,4-6,8-9H2,1H3,(H,19,21)(H,22,25);1H/t12-,13+;/m1./s1. The Bertz CT molecular complexity index is 855. The second-order valence-corrected chi connectivity index (χ2v) is 7.90. The van der Waals surface area contributed by atoms with Crippen LogP contribution in [0.3, 0.4) is 0 Å². The zero-order valence-electron chi connectivity index (χ0n) is 15.1. The van der Waals surface area contributed by atoms with Gasteiger partial charge in [-0.05, 0) is 25.0 Å². The average molecular weight is 410 g/mol. The highest BCUT2D eigenvalue weighted by atomic mass is 35.5. The Labute approximate surface area is 168 Å². The summed E-state index contributed by atoms with van der Waals surface area (Å²) in [6.45, 7) is 4.04. The minimum atomic E-state index is -0.311. The molecule has 0 saturated carbocycles. The summed E-state index contributed by atoms with van der Waals surface area (Å²) >= 11 is 1.58. The molecule has 4 heterocycles. The van der Waals surface area contributed by atoms with Crippen molar-refractivity contribution in [3.63, 3.8) is 0 Å². The van der Waals surface area contributed by atoms with Gasteiger partial charge in [0.1, 0.15) is 5.65 Å². The maximum atomic E-state index is 12.6. The number of aromatic nitrogens is 2. The maximum absolute atomic E-state index is 12.6. The highest BCUT2D eigenvalue weighted by Gasteiger charge is 2.24. The molecule has 9 heteroatoms. The lowest BCUT2D eigenvalue weighted by Crippen LogP contribution is -2.38. The molecule has 1 fully saturated rings. The molecule has 0 spiro atoms. The van der Waals surface area contributed by atoms with E-state index in [1.807, 2.05) is 18.5 Å². The third-order valence-corrected chi connectivity index (χ3v) is 5.84. The minimum Gasteiger partial charge on any atom is -0.392 e. The second kappa shape index (κ2) is 8.52. The van der Waals surface area contributed by atoms with Crippen molar-refractivity contribution in [3.8, 4) is 0 Å². The first-order valence-corrected chi connectivity index (χ1v) is 9.84. The number of carbonyl (C=O) groups is 1. The molecule has 1 amide bonds. The lowest BCUT2D eigenvalue weighted by Gasteiger charge is -2.27. The van der Waals surface area contributed by atoms with E-state index in [4.69, 9.17) is 0 Å². The number of nitrogens with one attached hydrogen (secondary N) is 3. The van der Waals surface area contributed by atoms with Crippen LogP contribution in [0.1, 0.15) is 12.0 Å². The zero-order valence-corrected chi connectivity index (χ0v) is 16.7. The first-order chi connectivity index (χ1) is 12.6. The van der Waals surface area contributed by atoms with Gasteiger partial charge in [0.2, 0.25) is 0 Å². The second-order valence-electron chi connectivity index (χ2n) is 6.77. The number of thioether (sulfide) groups is 1. The smallest absolute Gasteiger partial charge is 0.259 e. The number of H-pyrrole nitrogens is 1. The van der Waals surface area contributed by atoms with E-state index in [-0.39, 0.29) is 30.5 Å². The van der Waals surface area contributed by atoms with Crippen LogP contribution in [0.15, 0.2) is 29.6 Å². The van der Waals surface area contributed by atoms with Gasteiger partial charge in [0.15, 0.2) is 0 Å². The number of nitrogens with zero attached hydrogens (tertiary/aromatic N) is 2. The van der Waals surface area contributed by atoms with Gasteiger partial charge in [0, 0.05) is 55.4 Å². The summed E-state index contributed by atoms with van der Waals surface area (Å²) in [6.07, 6.45) is 6.05. The number of hydrogen-bond acceptors (Lipinski definition) is 6. The van der Waals surface area contributed by atoms with E-state index in [1.165, 1.54) is 0 Å². The van der Waals surface area contributed by atoms with Gasteiger partial charge in [-0.1, -0.05) is 0 Å². The van der Waals surface area contributed by atoms with Gasteiger partial charge in [-0.25, -0.2) is 4.98 Å². The molecular weight excluding hydrogens is 386 g/mol. The van der Waals surface area contributed by atoms with Gasteiger partial charge < -0.3 is 25.6 Å². The SMILES string of the molecule is Cc1c[nH]c2nccc(N3C=C(C(=O)NC[C@H]4C[C@H](O)CN4)SCC3)c12.Cl. The van der Waals surface area contributed by atoms with Crippen LogP contribution in [-0.2, 0) is 4.79 Å². The summed E-state index contributed by atoms with van der Waals surface area (Å²) in [4.78, 5) is 23.0. The lowest BCUT2D eigenvalue weighted by molar-refractivity contribution is -0.116. The van der Waals surface area contributed by atoms with Crippen LogP contribution in [0, 0.1) is 6.92 Å². The number of carbonyl (C=O) groups excluding carboxylic acids is 1. The number of aromatic amines is 1. The molecule has 2 atom stereocenters. The number of amides is 1. The molecule has 146 valence electrons. The number of anilines is 1. The van der Waals surface area contributed by atoms with Gasteiger partial charge in [-0.15, -0.1) is 24.2 Å². The van der Waals surface area contributed by atoms with Crippen molar-refractivity contribution in [2.45, 2.75) is 25.5 Å². The summed E-state index contributed by atoms with van der Waals surface area (Å²) in [5, 5.41) is 16.9. The fourth-order valence-corrected chi connectivity index (χ4v) is 4.42. The number of pyridine rings is 1. The molecule has 4 rings (SSSR count). The van der Waals surface area contributed by atoms with Crippen molar-refractivity contribution in [2.24, 2.45) is 0 Å². The van der Waals surface area contributed by atoms with Crippen molar-refractivity contribution >= 4 is 46.8 Å². The molecule has 2 aromatic rings. The minimum absolute atomic E-state index is 0. The van der Waals surface area contributed by atoms with Crippen LogP contribution < -0.4 is 15.5 Å². The molecule has 1 saturated heterocycles. The molecule has 0 radical (unpaired) electrons. The van der Waals surface area contributed by atoms with E-state index in [0.29, 0.717) is 24.4 Å². The number of halogens is 1. The van der Waals surface area contributed by atoms with Crippen LogP contribution in [0.25, 0.3) is 11.0 Å². The molecular formula is C18H24ClN5O2S. The molecule has 0 bridgehead atoms. The number of hydrogen-bond donors (Lipinski definition) is 4. The Morgan fingerprint density at radius 3 is 3.15 bits per heavy atom. The van der Waals surface area contributed by atoms with Crippen molar-refractivity contribution in [1.82, 2.24) is 20.6 Å². The molecule has 2 aliphatic rings. The predicted octanol–water partition coefficient (Wildman–Crippen LogP) is 1.53. The number of fused-ring (bicyclic) bond motifs is 1. The Morgan fingerprint density at radius 2 is 2.37 bits per heavy atom. The topological polar surface area (TPSA) is 93.3 Å². The first-order valence-electron chi connectivity index (χ1n) is 8.85. The maximum Gasteiger partial charge on any atom is 0.259 e. The molecule has 2 aliphatic heterocycles. The van der Waals surface area contributed by atoms with Crippen LogP contribution in [0.4, 0.5) is 5.69 Å². The van der Waals surface area contributed by atoms with E-state index >= 15 is 0 Å². The molecule has 7 nitrogen and oxygen atoms in total. The van der Waals surface area contributed by atoms with Gasteiger partial charge in [-0.2, -0.15) is 0 Å². The summed E-state index contributed by atoms with van der Waals surface area (Å²) in [7, 11) is 0. The van der Waals surface area contributed by atoms with Crippen LogP contribution in [0.2, 0.25) is 0 Å². The van der Waals surface area contributed by atoms with Crippen molar-refractivity contribution in [1.29, 1.82) is 0 Å². The fraction of sp³-hybridized carbons (Fsp3) is 0.444. The molecule has 4 N–H and O–H groups in total. The number of aliphatic hydroxyl groups is 1. The number of aliphatic hydroxyl groups excluding tert-OH is 1. The van der Waals surface area contributed by atoms with E-state index in [1.54, 1.807) is 18.0 Å². The molecule has 0 unspecified atom stereocenters. The van der Waals surface area contributed by atoms with Crippen molar-refractivity contribution in [2.75, 3.05) is 30.3 Å². The predicted molar refractivity (Wildman–Crippen MR) is 111 cm³/mol. The van der Waals surface area contributed by atoms with E-state index < -0.39 is 0 Å². The largest absolute Gasteiger partial charge is 0.392 e. The van der Waals surface area contributed by atoms with Gasteiger partial charge in [-0.3, -0.25) is 4.79 Å². The molecule has 27 heavy (non-hydrogen) atoms. The molecule has 2 aromatic heterocycles. The summed E-state index contributed by atoms with van der Waals surface area (Å²) in [5.74, 6) is 0.798. The summed E-state index contributed by atoms with van der Waals surface area (Å²) in [5.41, 5.74) is 3.08. The quantitative estimate of drug-likeness (QED) is 0.612. The first kappa shape index (κ1) is 20.0. The van der Waals surface area contributed by atoms with Crippen LogP contribution in [0.5, 0.6) is 0 Å². The number of β-amino-alcohol motifs (C(OH)–C–C–N with tert-alkyl or cyclic N) is 1. The Morgan fingerprint density at radius 1 is 1.52 bits per heavy atom.